The molecule has 1 unspecified atom stereocenters. The number of hydrogen-bond donors (Lipinski definition) is 0. The summed E-state index contributed by atoms with van der Waals surface area (Å²) in [6, 6.07) is 110. The van der Waals surface area contributed by atoms with Crippen molar-refractivity contribution in [2.24, 2.45) is 5.92 Å². The van der Waals surface area contributed by atoms with E-state index in [1.807, 2.05) is 0 Å². The second-order valence-corrected chi connectivity index (χ2v) is 24.1. The van der Waals surface area contributed by atoms with Crippen molar-refractivity contribution in [2.75, 3.05) is 9.80 Å². The lowest BCUT2D eigenvalue weighted by Gasteiger charge is -2.31. The van der Waals surface area contributed by atoms with Gasteiger partial charge in [-0.3, -0.25) is 0 Å². The summed E-state index contributed by atoms with van der Waals surface area (Å²) in [4.78, 5) is 4.97. The van der Waals surface area contributed by atoms with Crippen LogP contribution in [-0.4, -0.2) is 4.57 Å². The average Bonchev–Trinajstić information content (AvgIpc) is 1.66. The molecule has 12 aromatic carbocycles. The van der Waals surface area contributed by atoms with Crippen LogP contribution in [0.25, 0.3) is 77.6 Å². The highest BCUT2D eigenvalue weighted by molar-refractivity contribution is 6.15. The zero-order chi connectivity index (χ0) is 60.2. The third-order valence-electron chi connectivity index (χ3n) is 18.8. The largest absolute Gasteiger partial charge is 0.310 e. The molecule has 13 aromatic rings. The number of rotatable bonds is 12. The van der Waals surface area contributed by atoms with E-state index < -0.39 is 0 Å². The molecule has 430 valence electrons. The quantitative estimate of drug-likeness (QED) is 0.121. The van der Waals surface area contributed by atoms with Crippen LogP contribution in [0.15, 0.2) is 351 Å². The van der Waals surface area contributed by atoms with Crippen molar-refractivity contribution in [3.8, 4) is 39.1 Å². The summed E-state index contributed by atoms with van der Waals surface area (Å²) in [7, 11) is 0. The first kappa shape index (κ1) is 53.7. The molecule has 0 saturated carbocycles. The van der Waals surface area contributed by atoms with Crippen LogP contribution in [0.2, 0.25) is 0 Å². The van der Waals surface area contributed by atoms with E-state index in [-0.39, 0.29) is 5.92 Å². The lowest BCUT2D eigenvalue weighted by molar-refractivity contribution is 0.778. The van der Waals surface area contributed by atoms with Gasteiger partial charge in [-0.25, -0.2) is 0 Å². The molecule has 0 saturated heterocycles. The van der Waals surface area contributed by atoms with Gasteiger partial charge < -0.3 is 14.4 Å². The topological polar surface area (TPSA) is 11.4 Å². The van der Waals surface area contributed by atoms with Crippen molar-refractivity contribution in [2.45, 2.75) is 19.3 Å². The first-order valence-electron chi connectivity index (χ1n) is 31.9. The van der Waals surface area contributed by atoms with Crippen molar-refractivity contribution in [1.29, 1.82) is 0 Å². The van der Waals surface area contributed by atoms with E-state index in [1.165, 1.54) is 105 Å². The molecule has 4 aliphatic rings. The molecule has 0 aliphatic heterocycles. The normalized spacial score (nSPS) is 14.8. The van der Waals surface area contributed by atoms with Gasteiger partial charge in [0, 0.05) is 56.5 Å². The van der Waals surface area contributed by atoms with Crippen molar-refractivity contribution >= 4 is 72.6 Å². The molecule has 0 radical (unpaired) electrons. The highest BCUT2D eigenvalue weighted by Gasteiger charge is 2.33. The van der Waals surface area contributed by atoms with E-state index in [9.17, 15) is 0 Å². The summed E-state index contributed by atoms with van der Waals surface area (Å²) in [5, 5.41) is 2.42. The Bertz CT molecular complexity index is 5130. The first-order valence-corrected chi connectivity index (χ1v) is 31.9. The van der Waals surface area contributed by atoms with E-state index in [1.54, 1.807) is 0 Å². The molecule has 17 rings (SSSR count). The lowest BCUT2D eigenvalue weighted by Crippen LogP contribution is -2.14. The monoisotopic (exact) mass is 1160 g/mol. The number of benzene rings is 12. The van der Waals surface area contributed by atoms with Gasteiger partial charge in [0.2, 0.25) is 0 Å². The van der Waals surface area contributed by atoms with Gasteiger partial charge in [0.05, 0.1) is 11.0 Å². The maximum atomic E-state index is 2.49. The van der Waals surface area contributed by atoms with Gasteiger partial charge in [0.1, 0.15) is 0 Å². The number of aromatic nitrogens is 1. The molecule has 1 aromatic heterocycles. The summed E-state index contributed by atoms with van der Waals surface area (Å²) >= 11 is 0. The molecule has 0 amide bonds. The third kappa shape index (κ3) is 9.44. The van der Waals surface area contributed by atoms with Gasteiger partial charge in [-0.15, -0.1) is 0 Å². The molecule has 0 fully saturated rings. The average molecular weight is 1160 g/mol. The van der Waals surface area contributed by atoms with Gasteiger partial charge in [-0.2, -0.15) is 0 Å². The number of para-hydroxylation sites is 4. The minimum absolute atomic E-state index is 0.229. The molecule has 3 nitrogen and oxygen atoms in total. The minimum atomic E-state index is 0.229. The first-order chi connectivity index (χ1) is 45.2. The summed E-state index contributed by atoms with van der Waals surface area (Å²) < 4.78 is 2.41. The highest BCUT2D eigenvalue weighted by atomic mass is 15.2. The standard InChI is InChI=1S/C88H63N3/c1-8-28-60(29-9-1)85(61-30-10-2-11-31-61)87-78-45-24-22-42-73(78)75-51-49-69(58-81(75)87)89(66-36-16-5-17-37-66)71-54-65(64-48-53-84-80(56-64)77-44-26-27-47-83(77)91(84)68-40-20-7-21-41-68)55-72(57-71)90(67-38-18-6-19-39-67)70-50-52-76-74-43-23-25-46-79(74)88(82(76)59-70)86(62-32-12-3-13-33-62)63-34-14-4-15-35-63/h1-3,5-14,16-32,34-59,62H,4,15,33H2/b88-86-. The summed E-state index contributed by atoms with van der Waals surface area (Å²) in [6.45, 7) is 0. The van der Waals surface area contributed by atoms with Crippen LogP contribution >= 0.6 is 0 Å². The number of anilines is 6. The molecular formula is C88H63N3. The van der Waals surface area contributed by atoms with Gasteiger partial charge in [-0.1, -0.05) is 243 Å². The molecule has 3 heteroatoms. The van der Waals surface area contributed by atoms with Crippen molar-refractivity contribution in [3.05, 3.63) is 384 Å². The van der Waals surface area contributed by atoms with Gasteiger partial charge in [0.25, 0.3) is 0 Å². The van der Waals surface area contributed by atoms with Crippen LogP contribution in [0, 0.1) is 5.92 Å². The van der Waals surface area contributed by atoms with Crippen LogP contribution in [-0.2, 0) is 0 Å². The van der Waals surface area contributed by atoms with Crippen LogP contribution < -0.4 is 9.80 Å². The van der Waals surface area contributed by atoms with Gasteiger partial charge in [-0.05, 0) is 211 Å². The summed E-state index contributed by atoms with van der Waals surface area (Å²) in [5.74, 6) is 0.229. The number of hydrogen-bond acceptors (Lipinski definition) is 2. The summed E-state index contributed by atoms with van der Waals surface area (Å²) in [6.07, 6.45) is 19.4. The molecule has 1 atom stereocenters. The predicted octanol–water partition coefficient (Wildman–Crippen LogP) is 23.6. The number of fused-ring (bicyclic) bond motifs is 9. The van der Waals surface area contributed by atoms with Gasteiger partial charge >= 0.3 is 0 Å². The molecular weight excluding hydrogens is 1100 g/mol. The zero-order valence-electron chi connectivity index (χ0n) is 50.4. The number of allylic oxidation sites excluding steroid dienone is 9. The molecule has 91 heavy (non-hydrogen) atoms. The van der Waals surface area contributed by atoms with E-state index in [0.29, 0.717) is 0 Å². The van der Waals surface area contributed by atoms with Crippen molar-refractivity contribution in [1.82, 2.24) is 4.57 Å². The van der Waals surface area contributed by atoms with E-state index in [0.717, 1.165) is 70.2 Å². The maximum Gasteiger partial charge on any atom is 0.0541 e. The fourth-order valence-corrected chi connectivity index (χ4v) is 14.8. The molecule has 0 spiro atoms. The van der Waals surface area contributed by atoms with Crippen LogP contribution in [0.4, 0.5) is 34.1 Å². The second-order valence-electron chi connectivity index (χ2n) is 24.1. The number of nitrogens with zero attached hydrogens (tertiary/aromatic N) is 3. The molecule has 4 aliphatic carbocycles. The Labute approximate surface area is 532 Å². The Balaban J connectivity index is 0.921. The van der Waals surface area contributed by atoms with Crippen LogP contribution in [0.3, 0.4) is 0 Å². The van der Waals surface area contributed by atoms with Crippen LogP contribution in [0.1, 0.15) is 52.6 Å². The molecule has 0 bridgehead atoms. The fraction of sp³-hybridized carbons (Fsp3) is 0.0455. The van der Waals surface area contributed by atoms with E-state index in [2.05, 4.69) is 354 Å². The van der Waals surface area contributed by atoms with Gasteiger partial charge in [0.15, 0.2) is 0 Å². The molecule has 1 heterocycles. The molecule has 0 N–H and O–H groups in total. The minimum Gasteiger partial charge on any atom is -0.310 e. The van der Waals surface area contributed by atoms with Crippen molar-refractivity contribution < 1.29 is 0 Å². The maximum absolute atomic E-state index is 2.49. The summed E-state index contributed by atoms with van der Waals surface area (Å²) in [5.41, 5.74) is 30.9. The second kappa shape index (κ2) is 22.9. The van der Waals surface area contributed by atoms with Crippen LogP contribution in [0.5, 0.6) is 0 Å². The Morgan fingerprint density at radius 3 is 1.44 bits per heavy atom. The smallest absolute Gasteiger partial charge is 0.0541 e. The Morgan fingerprint density at radius 2 is 0.857 bits per heavy atom. The third-order valence-corrected chi connectivity index (χ3v) is 18.8. The van der Waals surface area contributed by atoms with E-state index in [4.69, 9.17) is 0 Å². The van der Waals surface area contributed by atoms with E-state index >= 15 is 0 Å². The fourth-order valence-electron chi connectivity index (χ4n) is 14.8. The predicted molar refractivity (Wildman–Crippen MR) is 383 cm³/mol. The zero-order valence-corrected chi connectivity index (χ0v) is 50.4. The highest BCUT2D eigenvalue weighted by Crippen LogP contribution is 2.54. The Hall–Kier alpha value is -11.5. The lowest BCUT2D eigenvalue weighted by atomic mass is 9.80. The Kier molecular flexibility index (Phi) is 13.5. The van der Waals surface area contributed by atoms with Crippen molar-refractivity contribution in [3.63, 3.8) is 0 Å². The SMILES string of the molecule is C1=CCC(/C(C2=CCCC=C2)=C2\c3ccccc3-c3ccc(N(c4ccccc4)c4cc(-c5ccc6c(c5)c5ccccc5n6-c5ccccc5)cc(N(c5ccccc5)c5ccc6c(c5)C(=C(c5ccccc5)c5ccccc5)c5ccccc5-6)c4)cc32)C=C1. The Morgan fingerprint density at radius 1 is 0.341 bits per heavy atom.